The van der Waals surface area contributed by atoms with E-state index in [1.54, 1.807) is 30.5 Å². The zero-order chi connectivity index (χ0) is 24.2. The van der Waals surface area contributed by atoms with Gasteiger partial charge < -0.3 is 15.7 Å². The van der Waals surface area contributed by atoms with Crippen molar-refractivity contribution >= 4 is 23.4 Å². The van der Waals surface area contributed by atoms with E-state index in [2.05, 4.69) is 25.6 Å². The summed E-state index contributed by atoms with van der Waals surface area (Å²) in [7, 11) is 0. The van der Waals surface area contributed by atoms with Crippen LogP contribution in [0, 0.1) is 12.8 Å². The fourth-order valence-corrected chi connectivity index (χ4v) is 3.22. The number of benzene rings is 1. The van der Waals surface area contributed by atoms with Gasteiger partial charge in [0.1, 0.15) is 17.6 Å². The van der Waals surface area contributed by atoms with Gasteiger partial charge in [0.25, 0.3) is 0 Å². The van der Waals surface area contributed by atoms with E-state index < -0.39 is 23.9 Å². The van der Waals surface area contributed by atoms with Crippen LogP contribution >= 0.6 is 0 Å². The van der Waals surface area contributed by atoms with Crippen molar-refractivity contribution in [3.8, 4) is 11.1 Å². The zero-order valence-electron chi connectivity index (χ0n) is 18.3. The molecule has 3 N–H and O–H groups in total. The van der Waals surface area contributed by atoms with Crippen LogP contribution in [0.5, 0.6) is 0 Å². The van der Waals surface area contributed by atoms with Crippen molar-refractivity contribution in [2.24, 2.45) is 5.92 Å². The molecule has 174 valence electrons. The lowest BCUT2D eigenvalue weighted by atomic mass is 9.99. The Morgan fingerprint density at radius 3 is 2.48 bits per heavy atom. The van der Waals surface area contributed by atoms with E-state index in [0.717, 1.165) is 29.0 Å². The maximum atomic E-state index is 12.9. The molecular formula is C23H24F3N5O2. The summed E-state index contributed by atoms with van der Waals surface area (Å²) < 4.78 is 38.7. The van der Waals surface area contributed by atoms with Gasteiger partial charge in [0, 0.05) is 23.6 Å². The number of anilines is 3. The minimum Gasteiger partial charge on any atom is -0.480 e. The summed E-state index contributed by atoms with van der Waals surface area (Å²) in [5.74, 6) is -0.743. The summed E-state index contributed by atoms with van der Waals surface area (Å²) in [5.41, 5.74) is 1.89. The highest BCUT2D eigenvalue weighted by molar-refractivity contribution is 5.77. The van der Waals surface area contributed by atoms with E-state index in [0.29, 0.717) is 17.9 Å². The normalized spacial score (nSPS) is 13.3. The number of aliphatic carboxylic acids is 1. The molecule has 2 aromatic heterocycles. The van der Waals surface area contributed by atoms with E-state index in [4.69, 9.17) is 0 Å². The molecule has 0 bridgehead atoms. The Balaban J connectivity index is 1.81. The van der Waals surface area contributed by atoms with Crippen LogP contribution in [0.15, 0.2) is 48.8 Å². The molecule has 0 saturated carbocycles. The Bertz CT molecular complexity index is 1120. The van der Waals surface area contributed by atoms with E-state index in [-0.39, 0.29) is 11.9 Å². The molecule has 10 heteroatoms. The predicted molar refractivity (Wildman–Crippen MR) is 119 cm³/mol. The first-order valence-electron chi connectivity index (χ1n) is 10.3. The van der Waals surface area contributed by atoms with Gasteiger partial charge >= 0.3 is 12.1 Å². The molecule has 2 heterocycles. The number of hydrogen-bond donors (Lipinski definition) is 3. The number of carboxylic acids is 1. The third kappa shape index (κ3) is 6.18. The summed E-state index contributed by atoms with van der Waals surface area (Å²) in [5, 5.41) is 15.2. The number of carbonyl (C=O) groups is 1. The SMILES string of the molecule is CC[C@@H](C)[C@@H](Nc1ccc(-c2cc(C)cc(Nc3nccc(C(F)(F)F)n3)c2)cn1)C(=O)O. The highest BCUT2D eigenvalue weighted by Crippen LogP contribution is 2.29. The Labute approximate surface area is 189 Å². The molecule has 0 spiro atoms. The molecule has 0 aliphatic heterocycles. The van der Waals surface area contributed by atoms with Gasteiger partial charge in [-0.05, 0) is 54.3 Å². The number of aromatic nitrogens is 3. The average molecular weight is 459 g/mol. The third-order valence-electron chi connectivity index (χ3n) is 5.16. The fourth-order valence-electron chi connectivity index (χ4n) is 3.22. The maximum Gasteiger partial charge on any atom is 0.433 e. The van der Waals surface area contributed by atoms with Gasteiger partial charge in [0.05, 0.1) is 0 Å². The van der Waals surface area contributed by atoms with Crippen LogP contribution in [0.1, 0.15) is 31.5 Å². The van der Waals surface area contributed by atoms with Crippen molar-refractivity contribution in [2.45, 2.75) is 39.4 Å². The second kappa shape index (κ2) is 9.85. The molecule has 1 aromatic carbocycles. The Morgan fingerprint density at radius 2 is 1.88 bits per heavy atom. The Hall–Kier alpha value is -3.69. The highest BCUT2D eigenvalue weighted by Gasteiger charge is 2.32. The van der Waals surface area contributed by atoms with Crippen molar-refractivity contribution < 1.29 is 23.1 Å². The van der Waals surface area contributed by atoms with Gasteiger partial charge in [0.15, 0.2) is 0 Å². The molecule has 0 fully saturated rings. The predicted octanol–water partition coefficient (Wildman–Crippen LogP) is 5.52. The molecule has 0 radical (unpaired) electrons. The standard InChI is InChI=1S/C23H24F3N5O2/c1-4-14(3)20(21(32)33)31-19-6-5-15(12-28-19)16-9-13(2)10-17(11-16)29-22-27-8-7-18(30-22)23(24,25)26/h5-12,14,20H,4H2,1-3H3,(H,28,31)(H,32,33)(H,27,29,30)/t14-,20-/m1/s1. The van der Waals surface area contributed by atoms with Crippen molar-refractivity contribution in [3.63, 3.8) is 0 Å². The van der Waals surface area contributed by atoms with Gasteiger partial charge in [0.2, 0.25) is 5.95 Å². The Kier molecular flexibility index (Phi) is 7.15. The maximum absolute atomic E-state index is 12.9. The van der Waals surface area contributed by atoms with Crippen molar-refractivity contribution in [1.82, 2.24) is 15.0 Å². The number of aryl methyl sites for hydroxylation is 1. The fraction of sp³-hybridized carbons (Fsp3) is 0.304. The Morgan fingerprint density at radius 1 is 1.12 bits per heavy atom. The van der Waals surface area contributed by atoms with E-state index >= 15 is 0 Å². The van der Waals surface area contributed by atoms with Crippen LogP contribution in [-0.4, -0.2) is 32.1 Å². The lowest BCUT2D eigenvalue weighted by Crippen LogP contribution is -2.35. The largest absolute Gasteiger partial charge is 0.480 e. The first kappa shape index (κ1) is 24.0. The summed E-state index contributed by atoms with van der Waals surface area (Å²) >= 11 is 0. The summed E-state index contributed by atoms with van der Waals surface area (Å²) in [6.07, 6.45) is -1.20. The lowest BCUT2D eigenvalue weighted by Gasteiger charge is -2.20. The van der Waals surface area contributed by atoms with E-state index in [1.165, 1.54) is 0 Å². The lowest BCUT2D eigenvalue weighted by molar-refractivity contribution is -0.141. The van der Waals surface area contributed by atoms with Gasteiger partial charge in [-0.1, -0.05) is 26.3 Å². The smallest absolute Gasteiger partial charge is 0.433 e. The first-order valence-corrected chi connectivity index (χ1v) is 10.3. The number of nitrogens with one attached hydrogen (secondary N) is 2. The van der Waals surface area contributed by atoms with Crippen LogP contribution in [0.3, 0.4) is 0 Å². The molecule has 0 unspecified atom stereocenters. The molecule has 3 rings (SSSR count). The summed E-state index contributed by atoms with van der Waals surface area (Å²) in [6.45, 7) is 5.64. The van der Waals surface area contributed by atoms with E-state index in [9.17, 15) is 23.1 Å². The highest BCUT2D eigenvalue weighted by atomic mass is 19.4. The second-order valence-corrected chi connectivity index (χ2v) is 7.75. The van der Waals surface area contributed by atoms with Crippen LogP contribution in [0.2, 0.25) is 0 Å². The molecule has 3 aromatic rings. The van der Waals surface area contributed by atoms with Crippen LogP contribution in [0.4, 0.5) is 30.6 Å². The molecule has 33 heavy (non-hydrogen) atoms. The summed E-state index contributed by atoms with van der Waals surface area (Å²) in [6, 6.07) is 8.96. The van der Waals surface area contributed by atoms with Gasteiger partial charge in [-0.25, -0.2) is 19.7 Å². The number of rotatable bonds is 8. The quantitative estimate of drug-likeness (QED) is 0.408. The van der Waals surface area contributed by atoms with Crippen molar-refractivity contribution in [2.75, 3.05) is 10.6 Å². The molecule has 7 nitrogen and oxygen atoms in total. The van der Waals surface area contributed by atoms with Crippen LogP contribution < -0.4 is 10.6 Å². The zero-order valence-corrected chi connectivity index (χ0v) is 18.3. The third-order valence-corrected chi connectivity index (χ3v) is 5.16. The van der Waals surface area contributed by atoms with Gasteiger partial charge in [-0.3, -0.25) is 0 Å². The minimum atomic E-state index is -4.56. The molecule has 0 aliphatic carbocycles. The number of halogens is 3. The number of alkyl halides is 3. The average Bonchev–Trinajstić information content (AvgIpc) is 2.76. The van der Waals surface area contributed by atoms with Gasteiger partial charge in [-0.2, -0.15) is 13.2 Å². The number of hydrogen-bond acceptors (Lipinski definition) is 6. The van der Waals surface area contributed by atoms with Crippen molar-refractivity contribution in [1.29, 1.82) is 0 Å². The first-order chi connectivity index (χ1) is 15.6. The molecular weight excluding hydrogens is 435 g/mol. The van der Waals surface area contributed by atoms with E-state index in [1.807, 2.05) is 26.8 Å². The molecule has 0 aliphatic rings. The second-order valence-electron chi connectivity index (χ2n) is 7.75. The number of nitrogens with zero attached hydrogens (tertiary/aromatic N) is 3. The number of pyridine rings is 1. The van der Waals surface area contributed by atoms with Crippen LogP contribution in [0.25, 0.3) is 11.1 Å². The van der Waals surface area contributed by atoms with Crippen LogP contribution in [-0.2, 0) is 11.0 Å². The topological polar surface area (TPSA) is 100 Å². The molecule has 2 atom stereocenters. The minimum absolute atomic E-state index is 0.0764. The molecule has 0 amide bonds. The molecule has 0 saturated heterocycles. The number of carboxylic acid groups (broad SMARTS) is 1. The monoisotopic (exact) mass is 459 g/mol. The van der Waals surface area contributed by atoms with Gasteiger partial charge in [-0.15, -0.1) is 0 Å². The summed E-state index contributed by atoms with van der Waals surface area (Å²) in [4.78, 5) is 23.2. The van der Waals surface area contributed by atoms with Crippen molar-refractivity contribution in [3.05, 3.63) is 60.0 Å².